The lowest BCUT2D eigenvalue weighted by atomic mass is 9.99. The average molecular weight is 402 g/mol. The molecule has 0 amide bonds. The van der Waals surface area contributed by atoms with Gasteiger partial charge >= 0.3 is 0 Å². The number of benzene rings is 3. The van der Waals surface area contributed by atoms with E-state index in [1.165, 1.54) is 0 Å². The molecule has 0 N–H and O–H groups in total. The summed E-state index contributed by atoms with van der Waals surface area (Å²) in [6, 6.07) is 20.3. The van der Waals surface area contributed by atoms with E-state index in [4.69, 9.17) is 9.47 Å². The zero-order valence-corrected chi connectivity index (χ0v) is 18.1. The lowest BCUT2D eigenvalue weighted by Gasteiger charge is -2.13. The molecule has 30 heavy (non-hydrogen) atoms. The Hall–Kier alpha value is -3.34. The second kappa shape index (κ2) is 8.19. The Labute approximate surface area is 177 Å². The lowest BCUT2D eigenvalue weighted by Crippen LogP contribution is -2.05. The molecule has 1 aromatic heterocycles. The third kappa shape index (κ3) is 4.01. The molecular formula is C25H27N3O2. The van der Waals surface area contributed by atoms with E-state index in [-0.39, 0.29) is 12.2 Å². The van der Waals surface area contributed by atoms with Crippen molar-refractivity contribution in [2.45, 2.75) is 46.8 Å². The largest absolute Gasteiger partial charge is 0.491 e. The van der Waals surface area contributed by atoms with Gasteiger partial charge in [-0.15, -0.1) is 5.10 Å². The summed E-state index contributed by atoms with van der Waals surface area (Å²) in [5, 5.41) is 8.77. The van der Waals surface area contributed by atoms with Crippen LogP contribution in [0.5, 0.6) is 11.5 Å². The van der Waals surface area contributed by atoms with E-state index in [9.17, 15) is 0 Å². The standard InChI is InChI=1S/C25H27N3O2/c1-16(2)29-21-10-6-19(7-11-21)23-14-15-24-25(18(23)5)28(27-26-24)20-8-12-22(13-9-20)30-17(3)4/h6-17H,1-5H3. The van der Waals surface area contributed by atoms with Crippen molar-refractivity contribution in [3.05, 3.63) is 66.2 Å². The van der Waals surface area contributed by atoms with Gasteiger partial charge in [-0.1, -0.05) is 23.4 Å². The highest BCUT2D eigenvalue weighted by molar-refractivity contribution is 5.87. The van der Waals surface area contributed by atoms with Gasteiger partial charge in [-0.2, -0.15) is 0 Å². The summed E-state index contributed by atoms with van der Waals surface area (Å²) < 4.78 is 13.4. The van der Waals surface area contributed by atoms with Gasteiger partial charge in [0, 0.05) is 0 Å². The first-order valence-electron chi connectivity index (χ1n) is 10.3. The minimum absolute atomic E-state index is 0.144. The maximum atomic E-state index is 5.77. The lowest BCUT2D eigenvalue weighted by molar-refractivity contribution is 0.242. The van der Waals surface area contributed by atoms with Crippen LogP contribution in [-0.4, -0.2) is 27.2 Å². The molecule has 0 unspecified atom stereocenters. The van der Waals surface area contributed by atoms with E-state index in [1.807, 2.05) is 74.8 Å². The summed E-state index contributed by atoms with van der Waals surface area (Å²) >= 11 is 0. The summed E-state index contributed by atoms with van der Waals surface area (Å²) in [5.74, 6) is 1.72. The molecule has 3 aromatic carbocycles. The van der Waals surface area contributed by atoms with Crippen molar-refractivity contribution in [3.8, 4) is 28.3 Å². The molecule has 0 aliphatic heterocycles. The number of ether oxygens (including phenoxy) is 2. The van der Waals surface area contributed by atoms with Crippen molar-refractivity contribution in [1.82, 2.24) is 15.0 Å². The van der Waals surface area contributed by atoms with E-state index in [0.717, 1.165) is 44.9 Å². The Balaban J connectivity index is 1.72. The van der Waals surface area contributed by atoms with Crippen LogP contribution in [0, 0.1) is 6.92 Å². The van der Waals surface area contributed by atoms with Crippen molar-refractivity contribution in [2.75, 3.05) is 0 Å². The minimum Gasteiger partial charge on any atom is -0.491 e. The molecule has 5 heteroatoms. The number of hydrogen-bond donors (Lipinski definition) is 0. The maximum absolute atomic E-state index is 5.77. The number of rotatable bonds is 6. The van der Waals surface area contributed by atoms with E-state index >= 15 is 0 Å². The second-order valence-electron chi connectivity index (χ2n) is 7.96. The van der Waals surface area contributed by atoms with Crippen LogP contribution in [-0.2, 0) is 0 Å². The molecule has 0 fully saturated rings. The number of hydrogen-bond acceptors (Lipinski definition) is 4. The van der Waals surface area contributed by atoms with Gasteiger partial charge in [-0.05, 0) is 93.8 Å². The van der Waals surface area contributed by atoms with Crippen LogP contribution >= 0.6 is 0 Å². The average Bonchev–Trinajstić information content (AvgIpc) is 3.14. The van der Waals surface area contributed by atoms with E-state index in [1.54, 1.807) is 0 Å². The molecule has 0 atom stereocenters. The highest BCUT2D eigenvalue weighted by Gasteiger charge is 2.14. The Kier molecular flexibility index (Phi) is 5.44. The first-order valence-corrected chi connectivity index (χ1v) is 10.3. The maximum Gasteiger partial charge on any atom is 0.119 e. The van der Waals surface area contributed by atoms with Gasteiger partial charge in [0.25, 0.3) is 0 Å². The second-order valence-corrected chi connectivity index (χ2v) is 7.96. The summed E-state index contributed by atoms with van der Waals surface area (Å²) in [6.45, 7) is 10.2. The van der Waals surface area contributed by atoms with Gasteiger partial charge in [0.05, 0.1) is 23.4 Å². The normalized spacial score (nSPS) is 11.4. The molecule has 0 radical (unpaired) electrons. The Morgan fingerprint density at radius 3 is 1.87 bits per heavy atom. The fourth-order valence-electron chi connectivity index (χ4n) is 3.59. The van der Waals surface area contributed by atoms with Crippen LogP contribution in [0.4, 0.5) is 0 Å². The first-order chi connectivity index (χ1) is 14.4. The molecule has 0 aliphatic carbocycles. The number of aryl methyl sites for hydroxylation is 1. The molecule has 0 aliphatic rings. The van der Waals surface area contributed by atoms with Crippen LogP contribution in [0.15, 0.2) is 60.7 Å². The Morgan fingerprint density at radius 1 is 0.733 bits per heavy atom. The SMILES string of the molecule is Cc1c(-c2ccc(OC(C)C)cc2)ccc2nnn(-c3ccc(OC(C)C)cc3)c12. The summed E-state index contributed by atoms with van der Waals surface area (Å²) in [6.07, 6.45) is 0.303. The molecule has 0 saturated carbocycles. The summed E-state index contributed by atoms with van der Waals surface area (Å²) in [7, 11) is 0. The van der Waals surface area contributed by atoms with Crippen molar-refractivity contribution < 1.29 is 9.47 Å². The van der Waals surface area contributed by atoms with Crippen LogP contribution in [0.3, 0.4) is 0 Å². The van der Waals surface area contributed by atoms with Gasteiger partial charge in [-0.25, -0.2) is 4.68 Å². The molecule has 5 nitrogen and oxygen atoms in total. The third-order valence-electron chi connectivity index (χ3n) is 4.85. The summed E-state index contributed by atoms with van der Waals surface area (Å²) in [4.78, 5) is 0. The fourth-order valence-corrected chi connectivity index (χ4v) is 3.59. The fraction of sp³-hybridized carbons (Fsp3) is 0.280. The van der Waals surface area contributed by atoms with Gasteiger partial charge < -0.3 is 9.47 Å². The van der Waals surface area contributed by atoms with E-state index < -0.39 is 0 Å². The zero-order chi connectivity index (χ0) is 21.3. The monoisotopic (exact) mass is 401 g/mol. The molecule has 154 valence electrons. The number of nitrogens with zero attached hydrogens (tertiary/aromatic N) is 3. The smallest absolute Gasteiger partial charge is 0.119 e. The van der Waals surface area contributed by atoms with Crippen LogP contribution in [0.2, 0.25) is 0 Å². The van der Waals surface area contributed by atoms with Crippen molar-refractivity contribution in [3.63, 3.8) is 0 Å². The molecular weight excluding hydrogens is 374 g/mol. The Bertz CT molecular complexity index is 1140. The Morgan fingerprint density at radius 2 is 1.30 bits per heavy atom. The van der Waals surface area contributed by atoms with Crippen molar-refractivity contribution in [2.24, 2.45) is 0 Å². The van der Waals surface area contributed by atoms with Gasteiger partial charge in [-0.3, -0.25) is 0 Å². The van der Waals surface area contributed by atoms with Crippen LogP contribution in [0.25, 0.3) is 27.8 Å². The van der Waals surface area contributed by atoms with Gasteiger partial charge in [0.2, 0.25) is 0 Å². The van der Waals surface area contributed by atoms with E-state index in [0.29, 0.717) is 0 Å². The van der Waals surface area contributed by atoms with Gasteiger partial charge in [0.15, 0.2) is 0 Å². The molecule has 1 heterocycles. The van der Waals surface area contributed by atoms with Crippen LogP contribution in [0.1, 0.15) is 33.3 Å². The highest BCUT2D eigenvalue weighted by Crippen LogP contribution is 2.31. The van der Waals surface area contributed by atoms with Crippen LogP contribution < -0.4 is 9.47 Å². The predicted octanol–water partition coefficient (Wildman–Crippen LogP) is 5.97. The van der Waals surface area contributed by atoms with Gasteiger partial charge in [0.1, 0.15) is 17.0 Å². The van der Waals surface area contributed by atoms with Crippen molar-refractivity contribution >= 4 is 11.0 Å². The number of fused-ring (bicyclic) bond motifs is 1. The molecule has 0 saturated heterocycles. The summed E-state index contributed by atoms with van der Waals surface area (Å²) in [5.41, 5.74) is 6.26. The minimum atomic E-state index is 0.144. The number of aromatic nitrogens is 3. The molecule has 0 bridgehead atoms. The third-order valence-corrected chi connectivity index (χ3v) is 4.85. The predicted molar refractivity (Wildman–Crippen MR) is 121 cm³/mol. The first kappa shape index (κ1) is 20.0. The van der Waals surface area contributed by atoms with E-state index in [2.05, 4.69) is 35.4 Å². The quantitative estimate of drug-likeness (QED) is 0.399. The molecule has 0 spiro atoms. The van der Waals surface area contributed by atoms with Crippen molar-refractivity contribution in [1.29, 1.82) is 0 Å². The topological polar surface area (TPSA) is 49.2 Å². The zero-order valence-electron chi connectivity index (χ0n) is 18.1. The molecule has 4 rings (SSSR count). The molecule has 4 aromatic rings. The highest BCUT2D eigenvalue weighted by atomic mass is 16.5.